The second-order valence-corrected chi connectivity index (χ2v) is 21.7. The van der Waals surface area contributed by atoms with Gasteiger partial charge in [0.2, 0.25) is 0 Å². The topological polar surface area (TPSA) is 34.1 Å². The third-order valence-corrected chi connectivity index (χ3v) is 18.2. The number of hydrogen-bond acceptors (Lipinski definition) is 6. The normalized spacial score (nSPS) is 14.0. The molecule has 0 fully saturated rings. The van der Waals surface area contributed by atoms with Gasteiger partial charge >= 0.3 is 0 Å². The van der Waals surface area contributed by atoms with Crippen molar-refractivity contribution < 1.29 is 9.59 Å². The molecule has 10 aromatic rings. The summed E-state index contributed by atoms with van der Waals surface area (Å²) in [6.07, 6.45) is 1.90. The summed E-state index contributed by atoms with van der Waals surface area (Å²) >= 11 is 7.01. The zero-order valence-electron chi connectivity index (χ0n) is 35.6. The van der Waals surface area contributed by atoms with Crippen molar-refractivity contribution in [3.63, 3.8) is 0 Å². The van der Waals surface area contributed by atoms with Crippen LogP contribution in [0.15, 0.2) is 158 Å². The van der Waals surface area contributed by atoms with Crippen molar-refractivity contribution in [2.75, 3.05) is 0 Å². The minimum Gasteiger partial charge on any atom is -0.297 e. The summed E-state index contributed by atoms with van der Waals surface area (Å²) in [7, 11) is 0. The van der Waals surface area contributed by atoms with Crippen LogP contribution < -0.4 is 0 Å². The van der Waals surface area contributed by atoms with Crippen molar-refractivity contribution in [1.29, 1.82) is 0 Å². The number of aldehydes is 2. The summed E-state index contributed by atoms with van der Waals surface area (Å²) in [6, 6.07) is 58.7. The van der Waals surface area contributed by atoms with Gasteiger partial charge < -0.3 is 0 Å². The number of carbonyl (C=O) groups is 2. The first-order valence-corrected chi connectivity index (χ1v) is 24.8. The van der Waals surface area contributed by atoms with E-state index in [4.69, 9.17) is 0 Å². The second kappa shape index (κ2) is 14.6. The summed E-state index contributed by atoms with van der Waals surface area (Å²) in [6.45, 7) is 8.81. The Morgan fingerprint density at radius 2 is 0.750 bits per heavy atom. The SMILES string of the molecule is Cc1cccc(C2(c3cccc(C)c3)c3cc(-c4ccc(C=O)s4)ccc3-c3sc4c5c(sc4c32)-c2ccc(-c3ccc(C=O)s3)cc2C5(c2cccc(C)c2)c2cccc(C)c2)c1. The first-order chi connectivity index (χ1) is 31.2. The van der Waals surface area contributed by atoms with Gasteiger partial charge in [-0.25, -0.2) is 0 Å². The second-order valence-electron chi connectivity index (χ2n) is 17.4. The molecule has 2 nitrogen and oxygen atoms in total. The Morgan fingerprint density at radius 1 is 0.391 bits per heavy atom. The van der Waals surface area contributed by atoms with Crippen molar-refractivity contribution >= 4 is 67.3 Å². The monoisotopic (exact) mass is 896 g/mol. The molecular weight excluding hydrogens is 857 g/mol. The van der Waals surface area contributed by atoms with Crippen molar-refractivity contribution in [2.24, 2.45) is 0 Å². The van der Waals surface area contributed by atoms with E-state index in [0.717, 1.165) is 43.2 Å². The minimum absolute atomic E-state index is 0.627. The predicted octanol–water partition coefficient (Wildman–Crippen LogP) is 16.0. The first kappa shape index (κ1) is 39.3. The average Bonchev–Trinajstić information content (AvgIpc) is 4.16. The van der Waals surface area contributed by atoms with Crippen LogP contribution in [-0.4, -0.2) is 12.6 Å². The van der Waals surface area contributed by atoms with Crippen LogP contribution >= 0.6 is 45.3 Å². The number of carbonyl (C=O) groups excluding carboxylic acids is 2. The Hall–Kier alpha value is -6.28. The van der Waals surface area contributed by atoms with Gasteiger partial charge in [0.05, 0.1) is 30.0 Å². The molecule has 2 aliphatic rings. The van der Waals surface area contributed by atoms with Crippen LogP contribution in [0.5, 0.6) is 0 Å². The van der Waals surface area contributed by atoms with E-state index in [1.165, 1.54) is 97.0 Å². The summed E-state index contributed by atoms with van der Waals surface area (Å²) in [5.41, 5.74) is 18.7. The highest BCUT2D eigenvalue weighted by Gasteiger charge is 2.54. The van der Waals surface area contributed by atoms with Crippen molar-refractivity contribution in [3.8, 4) is 41.8 Å². The van der Waals surface area contributed by atoms with Crippen LogP contribution in [0.3, 0.4) is 0 Å². The van der Waals surface area contributed by atoms with E-state index in [0.29, 0.717) is 0 Å². The molecule has 308 valence electrons. The van der Waals surface area contributed by atoms with E-state index < -0.39 is 10.8 Å². The third kappa shape index (κ3) is 5.53. The fourth-order valence-corrected chi connectivity index (χ4v) is 15.7. The lowest BCUT2D eigenvalue weighted by molar-refractivity contribution is 0.111. The molecule has 0 atom stereocenters. The zero-order chi connectivity index (χ0) is 43.5. The van der Waals surface area contributed by atoms with E-state index in [1.54, 1.807) is 22.7 Å². The van der Waals surface area contributed by atoms with Gasteiger partial charge in [-0.3, -0.25) is 9.59 Å². The molecule has 0 N–H and O–H groups in total. The highest BCUT2D eigenvalue weighted by molar-refractivity contribution is 7.32. The van der Waals surface area contributed by atoms with Crippen molar-refractivity contribution in [2.45, 2.75) is 38.5 Å². The molecule has 0 saturated carbocycles. The van der Waals surface area contributed by atoms with Crippen LogP contribution in [0.4, 0.5) is 0 Å². The molecule has 12 rings (SSSR count). The van der Waals surface area contributed by atoms with Gasteiger partial charge in [0.1, 0.15) is 0 Å². The average molecular weight is 897 g/mol. The Labute approximate surface area is 388 Å². The molecule has 0 aliphatic heterocycles. The van der Waals surface area contributed by atoms with Crippen molar-refractivity contribution in [3.05, 3.63) is 234 Å². The lowest BCUT2D eigenvalue weighted by Gasteiger charge is -2.35. The molecule has 6 heteroatoms. The molecule has 6 aromatic carbocycles. The zero-order valence-corrected chi connectivity index (χ0v) is 38.9. The molecule has 0 unspecified atom stereocenters. The van der Waals surface area contributed by atoms with E-state index in [2.05, 4.69) is 173 Å². The van der Waals surface area contributed by atoms with Crippen LogP contribution in [0.1, 0.15) is 86.1 Å². The Balaban J connectivity index is 1.24. The van der Waals surface area contributed by atoms with Gasteiger partial charge in [0.25, 0.3) is 0 Å². The summed E-state index contributed by atoms with van der Waals surface area (Å²) in [4.78, 5) is 30.1. The van der Waals surface area contributed by atoms with Crippen molar-refractivity contribution in [1.82, 2.24) is 0 Å². The molecule has 64 heavy (non-hydrogen) atoms. The maximum atomic E-state index is 11.9. The first-order valence-electron chi connectivity index (χ1n) is 21.5. The number of rotatable bonds is 8. The fourth-order valence-electron chi connectivity index (χ4n) is 10.9. The highest BCUT2D eigenvalue weighted by atomic mass is 32.1. The highest BCUT2D eigenvalue weighted by Crippen LogP contribution is 2.68. The minimum atomic E-state index is -0.627. The quantitative estimate of drug-likeness (QED) is 0.142. The molecule has 0 amide bonds. The molecule has 0 spiro atoms. The van der Waals surface area contributed by atoms with E-state index in [-0.39, 0.29) is 0 Å². The van der Waals surface area contributed by atoms with Crippen LogP contribution in [-0.2, 0) is 10.8 Å². The lowest BCUT2D eigenvalue weighted by atomic mass is 9.66. The third-order valence-electron chi connectivity index (χ3n) is 13.5. The number of thiophene rings is 4. The smallest absolute Gasteiger partial charge is 0.160 e. The maximum absolute atomic E-state index is 11.9. The number of fused-ring (bicyclic) bond motifs is 9. The lowest BCUT2D eigenvalue weighted by Crippen LogP contribution is -2.29. The molecule has 0 radical (unpaired) electrons. The van der Waals surface area contributed by atoms with E-state index >= 15 is 0 Å². The predicted molar refractivity (Wildman–Crippen MR) is 271 cm³/mol. The summed E-state index contributed by atoms with van der Waals surface area (Å²) < 4.78 is 2.66. The Morgan fingerprint density at radius 3 is 1.06 bits per heavy atom. The molecule has 0 bridgehead atoms. The molecule has 4 aromatic heterocycles. The van der Waals surface area contributed by atoms with E-state index in [1.807, 2.05) is 34.8 Å². The number of hydrogen-bond donors (Lipinski definition) is 0. The van der Waals surface area contributed by atoms with Gasteiger partial charge in [-0.1, -0.05) is 144 Å². The molecule has 4 heterocycles. The maximum Gasteiger partial charge on any atom is 0.160 e. The number of benzene rings is 6. The molecule has 2 aliphatic carbocycles. The van der Waals surface area contributed by atoms with E-state index in [9.17, 15) is 9.59 Å². The van der Waals surface area contributed by atoms with Crippen LogP contribution in [0.2, 0.25) is 0 Å². The Kier molecular flexibility index (Phi) is 8.99. The molecule has 0 saturated heterocycles. The van der Waals surface area contributed by atoms with Gasteiger partial charge in [-0.05, 0) is 120 Å². The standard InChI is InChI=1S/C58H40O2S4/c1-33-9-5-13-39(25-33)57(40-14-6-10-34(2)26-40)47-29-37(49-23-19-43(31-59)61-49)17-21-45(47)53-51(57)55-56(63-53)52-54(64-55)46-22-18-38(50-24-20-44(32-60)62-50)30-48(46)58(52,41-15-7-11-35(3)27-41)42-16-8-12-36(4)28-42/h5-32H,1-4H3. The van der Waals surface area contributed by atoms with Gasteiger partial charge in [0, 0.05) is 30.6 Å². The van der Waals surface area contributed by atoms with Gasteiger partial charge in [-0.15, -0.1) is 45.3 Å². The number of aryl methyl sites for hydroxylation is 4. The van der Waals surface area contributed by atoms with Crippen LogP contribution in [0, 0.1) is 27.7 Å². The van der Waals surface area contributed by atoms with Gasteiger partial charge in [-0.2, -0.15) is 0 Å². The summed E-state index contributed by atoms with van der Waals surface area (Å²) in [5, 5.41) is 0. The fraction of sp³-hybridized carbons (Fsp3) is 0.103. The molecular formula is C58H40O2S4. The van der Waals surface area contributed by atoms with Gasteiger partial charge in [0.15, 0.2) is 12.6 Å². The summed E-state index contributed by atoms with van der Waals surface area (Å²) in [5.74, 6) is 0. The Bertz CT molecular complexity index is 3240. The largest absolute Gasteiger partial charge is 0.297 e. The van der Waals surface area contributed by atoms with Crippen LogP contribution in [0.25, 0.3) is 51.2 Å².